The lowest BCUT2D eigenvalue weighted by Crippen LogP contribution is -2.62. The standard InChI is InChI=1S/C25H36O5/c1-15(26)30-18-6-9-23(2)17(13-18)4-5-21-20(23)7-10-24(3)19(8-11-25(21,24)28)16-12-22(27)29-14-16/h12,17-21,28H,4-11,13-14H2,1-3H3/t17-,18-,19-,20-,21+,23-,24-,25+/m1/s1. The Morgan fingerprint density at radius 1 is 1.10 bits per heavy atom. The molecule has 5 aliphatic rings. The quantitative estimate of drug-likeness (QED) is 0.684. The predicted octanol–water partition coefficient (Wildman–Crippen LogP) is 4.18. The molecule has 0 spiro atoms. The summed E-state index contributed by atoms with van der Waals surface area (Å²) < 4.78 is 10.8. The van der Waals surface area contributed by atoms with Crippen LogP contribution in [-0.2, 0) is 19.1 Å². The van der Waals surface area contributed by atoms with Crippen molar-refractivity contribution < 1.29 is 24.2 Å². The molecule has 5 rings (SSSR count). The molecule has 1 aliphatic heterocycles. The van der Waals surface area contributed by atoms with Crippen LogP contribution in [0.5, 0.6) is 0 Å². The van der Waals surface area contributed by atoms with Crippen LogP contribution in [0.15, 0.2) is 11.6 Å². The Bertz CT molecular complexity index is 788. The summed E-state index contributed by atoms with van der Waals surface area (Å²) in [5, 5.41) is 12.2. The largest absolute Gasteiger partial charge is 0.463 e. The molecule has 0 radical (unpaired) electrons. The lowest BCUT2D eigenvalue weighted by atomic mass is 9.43. The van der Waals surface area contributed by atoms with Gasteiger partial charge in [0.25, 0.3) is 0 Å². The fourth-order valence-electron chi connectivity index (χ4n) is 8.71. The van der Waals surface area contributed by atoms with Gasteiger partial charge in [-0.1, -0.05) is 13.8 Å². The Morgan fingerprint density at radius 2 is 1.90 bits per heavy atom. The van der Waals surface area contributed by atoms with Gasteiger partial charge in [-0.2, -0.15) is 0 Å². The molecule has 0 saturated heterocycles. The van der Waals surface area contributed by atoms with Gasteiger partial charge in [0.2, 0.25) is 0 Å². The molecule has 1 N–H and O–H groups in total. The lowest BCUT2D eigenvalue weighted by molar-refractivity contribution is -0.209. The maximum absolute atomic E-state index is 12.2. The van der Waals surface area contributed by atoms with Crippen molar-refractivity contribution in [1.82, 2.24) is 0 Å². The van der Waals surface area contributed by atoms with E-state index in [1.54, 1.807) is 6.08 Å². The number of esters is 2. The van der Waals surface area contributed by atoms with E-state index in [0.29, 0.717) is 24.4 Å². The third kappa shape index (κ3) is 2.76. The molecule has 5 heteroatoms. The van der Waals surface area contributed by atoms with E-state index in [-0.39, 0.29) is 34.8 Å². The minimum atomic E-state index is -0.659. The Kier molecular flexibility index (Phi) is 4.67. The molecule has 166 valence electrons. The minimum absolute atomic E-state index is 0.0665. The summed E-state index contributed by atoms with van der Waals surface area (Å²) in [7, 11) is 0. The second kappa shape index (κ2) is 6.82. The monoisotopic (exact) mass is 416 g/mol. The normalized spacial score (nSPS) is 50.1. The molecule has 4 saturated carbocycles. The zero-order chi connectivity index (χ0) is 21.3. The average Bonchev–Trinajstić information content (AvgIpc) is 3.22. The number of carbonyl (C=O) groups excluding carboxylic acids is 2. The fraction of sp³-hybridized carbons (Fsp3) is 0.840. The molecule has 4 fully saturated rings. The summed E-state index contributed by atoms with van der Waals surface area (Å²) in [5.41, 5.74) is 0.485. The SMILES string of the molecule is CC(=O)O[C@@H]1CC[C@]2(C)[C@H](CC[C@H]3[C@H]2CC[C@]2(C)[C@@H](C4=CC(=O)OC4)CC[C@]32O)C1. The Morgan fingerprint density at radius 3 is 2.60 bits per heavy atom. The van der Waals surface area contributed by atoms with Crippen LogP contribution in [0.2, 0.25) is 0 Å². The van der Waals surface area contributed by atoms with Crippen molar-refractivity contribution in [2.24, 2.45) is 34.5 Å². The van der Waals surface area contributed by atoms with Gasteiger partial charge in [0.05, 0.1) is 5.60 Å². The van der Waals surface area contributed by atoms with Crippen molar-refractivity contribution >= 4 is 11.9 Å². The Hall–Kier alpha value is -1.36. The van der Waals surface area contributed by atoms with E-state index >= 15 is 0 Å². The Labute approximate surface area is 179 Å². The van der Waals surface area contributed by atoms with E-state index in [1.165, 1.54) is 6.92 Å². The van der Waals surface area contributed by atoms with E-state index in [2.05, 4.69) is 13.8 Å². The van der Waals surface area contributed by atoms with Crippen LogP contribution in [0.3, 0.4) is 0 Å². The van der Waals surface area contributed by atoms with Crippen LogP contribution in [0.1, 0.15) is 78.6 Å². The average molecular weight is 417 g/mol. The smallest absolute Gasteiger partial charge is 0.331 e. The number of hydrogen-bond acceptors (Lipinski definition) is 5. The minimum Gasteiger partial charge on any atom is -0.463 e. The van der Waals surface area contributed by atoms with Gasteiger partial charge in [0.1, 0.15) is 12.7 Å². The number of cyclic esters (lactones) is 1. The molecular formula is C25H36O5. The van der Waals surface area contributed by atoms with Crippen molar-refractivity contribution in [1.29, 1.82) is 0 Å². The first-order valence-electron chi connectivity index (χ1n) is 11.9. The first-order valence-corrected chi connectivity index (χ1v) is 11.9. The summed E-state index contributed by atoms with van der Waals surface area (Å²) >= 11 is 0. The van der Waals surface area contributed by atoms with Crippen molar-refractivity contribution in [2.45, 2.75) is 90.3 Å². The van der Waals surface area contributed by atoms with Gasteiger partial charge in [0.15, 0.2) is 0 Å². The van der Waals surface area contributed by atoms with Gasteiger partial charge in [-0.3, -0.25) is 4.79 Å². The molecule has 1 heterocycles. The van der Waals surface area contributed by atoms with Crippen molar-refractivity contribution in [3.63, 3.8) is 0 Å². The molecule has 8 atom stereocenters. The predicted molar refractivity (Wildman–Crippen MR) is 111 cm³/mol. The van der Waals surface area contributed by atoms with Crippen LogP contribution in [0.4, 0.5) is 0 Å². The molecular weight excluding hydrogens is 380 g/mol. The van der Waals surface area contributed by atoms with E-state index in [1.807, 2.05) is 0 Å². The first-order chi connectivity index (χ1) is 14.2. The van der Waals surface area contributed by atoms with Crippen molar-refractivity contribution in [3.8, 4) is 0 Å². The summed E-state index contributed by atoms with van der Waals surface area (Å²) in [5.74, 6) is 1.29. The maximum atomic E-state index is 12.2. The molecule has 0 bridgehead atoms. The van der Waals surface area contributed by atoms with Crippen LogP contribution in [-0.4, -0.2) is 35.4 Å². The molecule has 0 aromatic carbocycles. The van der Waals surface area contributed by atoms with Gasteiger partial charge in [-0.25, -0.2) is 4.79 Å². The van der Waals surface area contributed by atoms with Gasteiger partial charge in [-0.05, 0) is 92.4 Å². The fourth-order valence-corrected chi connectivity index (χ4v) is 8.71. The second-order valence-electron chi connectivity index (χ2n) is 11.3. The van der Waals surface area contributed by atoms with Gasteiger partial charge < -0.3 is 14.6 Å². The highest BCUT2D eigenvalue weighted by Crippen LogP contribution is 2.69. The first kappa shape index (κ1) is 20.5. The highest BCUT2D eigenvalue weighted by Gasteiger charge is 2.67. The molecule has 0 amide bonds. The van der Waals surface area contributed by atoms with Crippen LogP contribution < -0.4 is 0 Å². The van der Waals surface area contributed by atoms with Gasteiger partial charge in [0, 0.05) is 18.4 Å². The second-order valence-corrected chi connectivity index (χ2v) is 11.3. The number of hydrogen-bond donors (Lipinski definition) is 1. The highest BCUT2D eigenvalue weighted by molar-refractivity contribution is 5.85. The number of fused-ring (bicyclic) bond motifs is 5. The van der Waals surface area contributed by atoms with E-state index < -0.39 is 5.60 Å². The third-order valence-corrected chi connectivity index (χ3v) is 10.3. The van der Waals surface area contributed by atoms with E-state index in [9.17, 15) is 14.7 Å². The topological polar surface area (TPSA) is 72.8 Å². The van der Waals surface area contributed by atoms with Crippen LogP contribution in [0, 0.1) is 34.5 Å². The van der Waals surface area contributed by atoms with Crippen molar-refractivity contribution in [2.75, 3.05) is 6.61 Å². The molecule has 4 aliphatic carbocycles. The molecule has 0 aromatic rings. The highest BCUT2D eigenvalue weighted by atomic mass is 16.5. The summed E-state index contributed by atoms with van der Waals surface area (Å²) in [6.07, 6.45) is 10.9. The van der Waals surface area contributed by atoms with Crippen molar-refractivity contribution in [3.05, 3.63) is 11.6 Å². The Balaban J connectivity index is 1.40. The molecule has 5 nitrogen and oxygen atoms in total. The third-order valence-electron chi connectivity index (χ3n) is 10.3. The summed E-state index contributed by atoms with van der Waals surface area (Å²) in [4.78, 5) is 23.1. The number of carbonyl (C=O) groups is 2. The van der Waals surface area contributed by atoms with Gasteiger partial charge >= 0.3 is 11.9 Å². The molecule has 0 unspecified atom stereocenters. The number of rotatable bonds is 2. The molecule has 30 heavy (non-hydrogen) atoms. The van der Waals surface area contributed by atoms with Crippen LogP contribution >= 0.6 is 0 Å². The molecule has 0 aromatic heterocycles. The maximum Gasteiger partial charge on any atom is 0.331 e. The summed E-state index contributed by atoms with van der Waals surface area (Å²) in [6.45, 7) is 6.64. The lowest BCUT2D eigenvalue weighted by Gasteiger charge is -2.63. The van der Waals surface area contributed by atoms with Gasteiger partial charge in [-0.15, -0.1) is 0 Å². The van der Waals surface area contributed by atoms with Crippen LogP contribution in [0.25, 0.3) is 0 Å². The zero-order valence-electron chi connectivity index (χ0n) is 18.6. The van der Waals surface area contributed by atoms with E-state index in [4.69, 9.17) is 9.47 Å². The zero-order valence-corrected chi connectivity index (χ0v) is 18.6. The van der Waals surface area contributed by atoms with E-state index in [0.717, 1.165) is 63.4 Å². The summed E-state index contributed by atoms with van der Waals surface area (Å²) in [6, 6.07) is 0. The number of ether oxygens (including phenoxy) is 2. The number of aliphatic hydroxyl groups is 1.